The standard InChI is InChI=1S/C27H37N7S/c1-7-34(8-2)24-16-14-23(15-17-24)29-28-21-10-12-22(13-11-21)30-32-26-33-31-25(35-26)18-9-20(3)19-27(4,5)6/h10-17,20H,7-9,18-19H2,1-6H3. The van der Waals surface area contributed by atoms with Gasteiger partial charge in [0.2, 0.25) is 0 Å². The lowest BCUT2D eigenvalue weighted by atomic mass is 9.84. The van der Waals surface area contributed by atoms with Crippen molar-refractivity contribution in [1.29, 1.82) is 0 Å². The Bertz CT molecular complexity index is 1090. The molecule has 186 valence electrons. The van der Waals surface area contributed by atoms with Crippen LogP contribution in [0.15, 0.2) is 69.0 Å². The van der Waals surface area contributed by atoms with Crippen LogP contribution in [0.2, 0.25) is 0 Å². The average Bonchev–Trinajstić information content (AvgIpc) is 3.29. The fourth-order valence-corrected chi connectivity index (χ4v) is 4.70. The highest BCUT2D eigenvalue weighted by Gasteiger charge is 2.16. The predicted molar refractivity (Wildman–Crippen MR) is 146 cm³/mol. The van der Waals surface area contributed by atoms with Gasteiger partial charge in [0.15, 0.2) is 0 Å². The Balaban J connectivity index is 1.52. The Morgan fingerprint density at radius 2 is 1.31 bits per heavy atom. The Hall–Kier alpha value is -3.00. The summed E-state index contributed by atoms with van der Waals surface area (Å²) in [6, 6.07) is 15.6. The highest BCUT2D eigenvalue weighted by molar-refractivity contribution is 7.14. The van der Waals surface area contributed by atoms with Crippen molar-refractivity contribution in [2.75, 3.05) is 18.0 Å². The van der Waals surface area contributed by atoms with Crippen molar-refractivity contribution in [2.45, 2.75) is 60.8 Å². The SMILES string of the molecule is CCN(CC)c1ccc(N=Nc2ccc(N=Nc3nnc(CCC(C)CC(C)(C)C)s3)cc2)cc1. The van der Waals surface area contributed by atoms with Crippen LogP contribution in [0.5, 0.6) is 0 Å². The van der Waals surface area contributed by atoms with Crippen LogP contribution in [0.4, 0.5) is 27.9 Å². The van der Waals surface area contributed by atoms with Gasteiger partial charge in [0.25, 0.3) is 5.13 Å². The molecule has 0 amide bonds. The number of azo groups is 2. The molecule has 1 unspecified atom stereocenters. The van der Waals surface area contributed by atoms with Crippen LogP contribution in [0.3, 0.4) is 0 Å². The zero-order valence-corrected chi connectivity index (χ0v) is 22.6. The highest BCUT2D eigenvalue weighted by atomic mass is 32.1. The molecule has 0 aliphatic carbocycles. The largest absolute Gasteiger partial charge is 0.372 e. The molecule has 1 atom stereocenters. The van der Waals surface area contributed by atoms with E-state index in [1.54, 1.807) is 0 Å². The summed E-state index contributed by atoms with van der Waals surface area (Å²) in [6.07, 6.45) is 3.25. The second-order valence-corrected chi connectivity index (χ2v) is 11.0. The lowest BCUT2D eigenvalue weighted by Gasteiger charge is -2.22. The lowest BCUT2D eigenvalue weighted by Crippen LogP contribution is -2.21. The van der Waals surface area contributed by atoms with Gasteiger partial charge >= 0.3 is 0 Å². The van der Waals surface area contributed by atoms with E-state index in [2.05, 4.69) is 89.2 Å². The maximum absolute atomic E-state index is 4.34. The molecule has 7 nitrogen and oxygen atoms in total. The number of hydrogen-bond acceptors (Lipinski definition) is 8. The van der Waals surface area contributed by atoms with Crippen molar-refractivity contribution in [1.82, 2.24) is 10.2 Å². The van der Waals surface area contributed by atoms with Gasteiger partial charge in [-0.15, -0.1) is 20.4 Å². The van der Waals surface area contributed by atoms with Crippen LogP contribution in [0.25, 0.3) is 0 Å². The van der Waals surface area contributed by atoms with Crippen molar-refractivity contribution in [2.24, 2.45) is 31.8 Å². The van der Waals surface area contributed by atoms with E-state index in [0.717, 1.165) is 48.0 Å². The second-order valence-electron chi connectivity index (χ2n) is 9.99. The van der Waals surface area contributed by atoms with Gasteiger partial charge in [-0.2, -0.15) is 10.2 Å². The molecule has 0 bridgehead atoms. The molecule has 0 saturated heterocycles. The van der Waals surface area contributed by atoms with Crippen molar-refractivity contribution in [3.8, 4) is 0 Å². The van der Waals surface area contributed by atoms with E-state index >= 15 is 0 Å². The van der Waals surface area contributed by atoms with E-state index in [1.807, 2.05) is 36.4 Å². The highest BCUT2D eigenvalue weighted by Crippen LogP contribution is 2.29. The molecule has 0 spiro atoms. The van der Waals surface area contributed by atoms with Gasteiger partial charge in [-0.25, -0.2) is 0 Å². The van der Waals surface area contributed by atoms with Crippen LogP contribution in [0, 0.1) is 11.3 Å². The molecule has 0 fully saturated rings. The number of hydrogen-bond donors (Lipinski definition) is 0. The number of benzene rings is 2. The number of anilines is 1. The summed E-state index contributed by atoms with van der Waals surface area (Å²) < 4.78 is 0. The maximum atomic E-state index is 4.34. The Labute approximate surface area is 213 Å². The minimum Gasteiger partial charge on any atom is -0.372 e. The quantitative estimate of drug-likeness (QED) is 0.251. The van der Waals surface area contributed by atoms with Crippen LogP contribution in [-0.4, -0.2) is 23.3 Å². The summed E-state index contributed by atoms with van der Waals surface area (Å²) in [4.78, 5) is 2.30. The van der Waals surface area contributed by atoms with E-state index in [9.17, 15) is 0 Å². The minimum absolute atomic E-state index is 0.355. The number of nitrogens with zero attached hydrogens (tertiary/aromatic N) is 7. The molecule has 8 heteroatoms. The van der Waals surface area contributed by atoms with Gasteiger partial charge < -0.3 is 4.90 Å². The molecule has 0 radical (unpaired) electrons. The van der Waals surface area contributed by atoms with Gasteiger partial charge in [-0.05, 0) is 86.6 Å². The van der Waals surface area contributed by atoms with E-state index in [1.165, 1.54) is 23.4 Å². The first-order valence-electron chi connectivity index (χ1n) is 12.4. The van der Waals surface area contributed by atoms with Gasteiger partial charge in [0.05, 0.1) is 17.1 Å². The molecule has 0 aliphatic rings. The van der Waals surface area contributed by atoms with Crippen LogP contribution < -0.4 is 4.90 Å². The van der Waals surface area contributed by atoms with E-state index in [0.29, 0.717) is 16.5 Å². The third kappa shape index (κ3) is 8.94. The molecular weight excluding hydrogens is 454 g/mol. The zero-order chi connectivity index (χ0) is 25.3. The van der Waals surface area contributed by atoms with Gasteiger partial charge in [0, 0.05) is 25.2 Å². The van der Waals surface area contributed by atoms with Crippen molar-refractivity contribution < 1.29 is 0 Å². The Morgan fingerprint density at radius 1 is 0.800 bits per heavy atom. The molecule has 0 N–H and O–H groups in total. The van der Waals surface area contributed by atoms with E-state index in [-0.39, 0.29) is 0 Å². The first-order valence-corrected chi connectivity index (χ1v) is 13.2. The van der Waals surface area contributed by atoms with E-state index < -0.39 is 0 Å². The third-order valence-corrected chi connectivity index (χ3v) is 6.50. The van der Waals surface area contributed by atoms with Crippen molar-refractivity contribution in [3.63, 3.8) is 0 Å². The molecule has 0 aliphatic heterocycles. The number of rotatable bonds is 11. The zero-order valence-electron chi connectivity index (χ0n) is 21.8. The molecule has 1 heterocycles. The lowest BCUT2D eigenvalue weighted by molar-refractivity contribution is 0.297. The van der Waals surface area contributed by atoms with Gasteiger partial charge in [-0.3, -0.25) is 0 Å². The molecule has 1 aromatic heterocycles. The summed E-state index contributed by atoms with van der Waals surface area (Å²) in [5.41, 5.74) is 3.88. The smallest absolute Gasteiger partial charge is 0.251 e. The van der Waals surface area contributed by atoms with Crippen molar-refractivity contribution >= 4 is 39.2 Å². The average molecular weight is 492 g/mol. The summed E-state index contributed by atoms with van der Waals surface area (Å²) in [5.74, 6) is 0.659. The van der Waals surface area contributed by atoms with Crippen LogP contribution in [-0.2, 0) is 6.42 Å². The second kappa shape index (κ2) is 12.6. The summed E-state index contributed by atoms with van der Waals surface area (Å²) in [6.45, 7) is 15.4. The van der Waals surface area contributed by atoms with Crippen LogP contribution >= 0.6 is 11.3 Å². The normalized spacial score (nSPS) is 13.1. The minimum atomic E-state index is 0.355. The Morgan fingerprint density at radius 3 is 1.83 bits per heavy atom. The monoisotopic (exact) mass is 491 g/mol. The summed E-state index contributed by atoms with van der Waals surface area (Å²) in [7, 11) is 0. The van der Waals surface area contributed by atoms with Crippen LogP contribution in [0.1, 0.15) is 59.4 Å². The number of aryl methyl sites for hydroxylation is 1. The van der Waals surface area contributed by atoms with Gasteiger partial charge in [0.1, 0.15) is 5.01 Å². The maximum Gasteiger partial charge on any atom is 0.251 e. The molecule has 2 aromatic carbocycles. The summed E-state index contributed by atoms with van der Waals surface area (Å²) in [5, 5.41) is 27.3. The molecular formula is C27H37N7S. The van der Waals surface area contributed by atoms with Gasteiger partial charge in [-0.1, -0.05) is 39.0 Å². The Kier molecular flexibility index (Phi) is 9.60. The molecule has 35 heavy (non-hydrogen) atoms. The fraction of sp³-hybridized carbons (Fsp3) is 0.481. The molecule has 3 aromatic rings. The van der Waals surface area contributed by atoms with Crippen molar-refractivity contribution in [3.05, 3.63) is 53.5 Å². The topological polar surface area (TPSA) is 78.5 Å². The first-order chi connectivity index (χ1) is 16.8. The fourth-order valence-electron chi connectivity index (χ4n) is 4.02. The number of aromatic nitrogens is 2. The van der Waals surface area contributed by atoms with E-state index in [4.69, 9.17) is 0 Å². The predicted octanol–water partition coefficient (Wildman–Crippen LogP) is 9.22. The summed E-state index contributed by atoms with van der Waals surface area (Å²) >= 11 is 1.51. The molecule has 3 rings (SSSR count). The molecule has 0 saturated carbocycles. The third-order valence-electron chi connectivity index (χ3n) is 5.63. The first kappa shape index (κ1) is 26.6.